The van der Waals surface area contributed by atoms with E-state index >= 15 is 0 Å². The van der Waals surface area contributed by atoms with Gasteiger partial charge in [-0.05, 0) is 49.1 Å². The second-order valence-electron chi connectivity index (χ2n) is 13.5. The summed E-state index contributed by atoms with van der Waals surface area (Å²) in [5.41, 5.74) is 1.18. The third kappa shape index (κ3) is 6.62. The third-order valence-corrected chi connectivity index (χ3v) is 10.4. The maximum atomic E-state index is 14.1. The average molecular weight is 667 g/mol. The van der Waals surface area contributed by atoms with Crippen molar-refractivity contribution in [2.45, 2.75) is 37.3 Å². The lowest BCUT2D eigenvalue weighted by atomic mass is 9.79. The summed E-state index contributed by atoms with van der Waals surface area (Å²) >= 11 is 0. The number of nitrogens with zero attached hydrogens (tertiary/aromatic N) is 6. The van der Waals surface area contributed by atoms with Gasteiger partial charge in [-0.1, -0.05) is 36.4 Å². The fourth-order valence-electron chi connectivity index (χ4n) is 7.53. The van der Waals surface area contributed by atoms with Crippen molar-refractivity contribution < 1.29 is 24.2 Å². The maximum absolute atomic E-state index is 14.1. The minimum atomic E-state index is -1.14. The SMILES string of the molecule is Cn1ccc2c(=O)n(CC3(O)CCN(C(=O)[C@@H]4CCN(C(=O)c5cccc(C(=O)N6CCOCC6)c5)C[C@H]4c4ccccc4)CC3)cnc21. The fraction of sp³-hybridized carbons (Fsp3) is 0.432. The number of aryl methyl sites for hydroxylation is 1. The molecule has 7 rings (SSSR count). The summed E-state index contributed by atoms with van der Waals surface area (Å²) in [6.45, 7) is 3.68. The van der Waals surface area contributed by atoms with Gasteiger partial charge in [-0.2, -0.15) is 0 Å². The van der Waals surface area contributed by atoms with E-state index in [1.54, 1.807) is 50.9 Å². The Balaban J connectivity index is 1.03. The smallest absolute Gasteiger partial charge is 0.262 e. The Bertz CT molecular complexity index is 1910. The number of morpholine rings is 1. The van der Waals surface area contributed by atoms with Gasteiger partial charge in [-0.3, -0.25) is 23.7 Å². The first-order valence-corrected chi connectivity index (χ1v) is 17.0. The molecule has 3 amide bonds. The molecular weight excluding hydrogens is 624 g/mol. The van der Waals surface area contributed by atoms with E-state index in [0.717, 1.165) is 5.56 Å². The van der Waals surface area contributed by atoms with Crippen molar-refractivity contribution in [3.8, 4) is 0 Å². The summed E-state index contributed by atoms with van der Waals surface area (Å²) in [5.74, 6) is -0.804. The van der Waals surface area contributed by atoms with Crippen LogP contribution in [0.15, 0.2) is 78.0 Å². The largest absolute Gasteiger partial charge is 0.388 e. The first-order valence-electron chi connectivity index (χ1n) is 17.0. The monoisotopic (exact) mass is 666 g/mol. The Hall–Kier alpha value is -4.81. The number of piperidine rings is 2. The van der Waals surface area contributed by atoms with Crippen LogP contribution in [0.1, 0.15) is 51.5 Å². The van der Waals surface area contributed by atoms with Gasteiger partial charge in [0.1, 0.15) is 12.0 Å². The molecule has 12 nitrogen and oxygen atoms in total. The van der Waals surface area contributed by atoms with Gasteiger partial charge in [-0.25, -0.2) is 4.98 Å². The first-order chi connectivity index (χ1) is 23.7. The minimum absolute atomic E-state index is 0.0191. The third-order valence-electron chi connectivity index (χ3n) is 10.4. The number of hydrogen-bond acceptors (Lipinski definition) is 7. The van der Waals surface area contributed by atoms with Gasteiger partial charge in [0.2, 0.25) is 5.91 Å². The second kappa shape index (κ2) is 13.6. The van der Waals surface area contributed by atoms with Gasteiger partial charge in [0.05, 0.1) is 30.7 Å². The van der Waals surface area contributed by atoms with Crippen LogP contribution in [-0.4, -0.2) is 110 Å². The zero-order valence-corrected chi connectivity index (χ0v) is 27.7. The van der Waals surface area contributed by atoms with Crippen LogP contribution in [0.5, 0.6) is 0 Å². The molecule has 0 spiro atoms. The number of ether oxygens (including phenoxy) is 1. The molecule has 0 bridgehead atoms. The highest BCUT2D eigenvalue weighted by Crippen LogP contribution is 2.36. The molecular formula is C37H42N6O6. The van der Waals surface area contributed by atoms with Crippen LogP contribution in [0.3, 0.4) is 0 Å². The Morgan fingerprint density at radius 3 is 2.29 bits per heavy atom. The van der Waals surface area contributed by atoms with Crippen LogP contribution >= 0.6 is 0 Å². The molecule has 49 heavy (non-hydrogen) atoms. The molecule has 0 aliphatic carbocycles. The highest BCUT2D eigenvalue weighted by molar-refractivity contribution is 6.00. The molecule has 3 aliphatic heterocycles. The van der Waals surface area contributed by atoms with Gasteiger partial charge in [0, 0.05) is 75.5 Å². The predicted octanol–water partition coefficient (Wildman–Crippen LogP) is 2.51. The number of likely N-dealkylation sites (tertiary alicyclic amines) is 2. The quantitative estimate of drug-likeness (QED) is 0.335. The molecule has 2 aromatic heterocycles. The number of aliphatic hydroxyl groups is 1. The summed E-state index contributed by atoms with van der Waals surface area (Å²) in [7, 11) is 1.83. The lowest BCUT2D eigenvalue weighted by Crippen LogP contribution is -2.53. The van der Waals surface area contributed by atoms with Gasteiger partial charge in [-0.15, -0.1) is 0 Å². The molecule has 2 aromatic carbocycles. The van der Waals surface area contributed by atoms with E-state index in [4.69, 9.17) is 4.74 Å². The maximum Gasteiger partial charge on any atom is 0.262 e. The van der Waals surface area contributed by atoms with Gasteiger partial charge >= 0.3 is 0 Å². The molecule has 0 unspecified atom stereocenters. The van der Waals surface area contributed by atoms with Crippen LogP contribution < -0.4 is 5.56 Å². The Morgan fingerprint density at radius 1 is 0.878 bits per heavy atom. The van der Waals surface area contributed by atoms with E-state index in [2.05, 4.69) is 4.98 Å². The standard InChI is InChI=1S/C37H42N6O6/c1-39-14-10-30-32(39)38-25-43(36(30)47)24-37(48)12-16-40(17-13-37)35(46)29-11-15-42(23-31(29)26-6-3-2-4-7-26)34(45)28-9-5-8-27(22-28)33(44)41-18-20-49-21-19-41/h2-10,14,22,25,29,31,48H,11-13,15-21,23-24H2,1H3/t29-,31+/m1/s1. The molecule has 3 saturated heterocycles. The van der Waals surface area contributed by atoms with E-state index < -0.39 is 5.60 Å². The Labute approximate surface area is 284 Å². The highest BCUT2D eigenvalue weighted by Gasteiger charge is 2.42. The molecule has 1 N–H and O–H groups in total. The number of aromatic nitrogens is 3. The lowest BCUT2D eigenvalue weighted by molar-refractivity contribution is -0.142. The van der Waals surface area contributed by atoms with E-state index in [0.29, 0.717) is 93.9 Å². The summed E-state index contributed by atoms with van der Waals surface area (Å²) in [6, 6.07) is 18.5. The average Bonchev–Trinajstić information content (AvgIpc) is 3.53. The number of carbonyl (C=O) groups excluding carboxylic acids is 3. The molecule has 2 atom stereocenters. The lowest BCUT2D eigenvalue weighted by Gasteiger charge is -2.43. The minimum Gasteiger partial charge on any atom is -0.388 e. The number of fused-ring (bicyclic) bond motifs is 1. The molecule has 3 aliphatic rings. The Morgan fingerprint density at radius 2 is 1.57 bits per heavy atom. The van der Waals surface area contributed by atoms with E-state index in [9.17, 15) is 24.3 Å². The van der Waals surface area contributed by atoms with Crippen molar-refractivity contribution in [3.05, 3.63) is 100 Å². The number of rotatable bonds is 6. The summed E-state index contributed by atoms with van der Waals surface area (Å²) in [5, 5.41) is 12.0. The van der Waals surface area contributed by atoms with Gasteiger partial charge < -0.3 is 29.1 Å². The van der Waals surface area contributed by atoms with Crippen LogP contribution in [0.25, 0.3) is 11.0 Å². The molecule has 4 aromatic rings. The molecule has 256 valence electrons. The Kier molecular flexibility index (Phi) is 9.08. The molecule has 0 saturated carbocycles. The van der Waals surface area contributed by atoms with Crippen LogP contribution in [0, 0.1) is 5.92 Å². The first kappa shape index (κ1) is 32.7. The van der Waals surface area contributed by atoms with E-state index in [1.165, 1.54) is 10.9 Å². The van der Waals surface area contributed by atoms with E-state index in [1.807, 2.05) is 42.3 Å². The van der Waals surface area contributed by atoms with Crippen molar-refractivity contribution in [1.82, 2.24) is 28.8 Å². The van der Waals surface area contributed by atoms with Crippen LogP contribution in [-0.2, 0) is 23.1 Å². The molecule has 5 heterocycles. The van der Waals surface area contributed by atoms with Crippen molar-refractivity contribution >= 4 is 28.8 Å². The van der Waals surface area contributed by atoms with Gasteiger partial charge in [0.25, 0.3) is 17.4 Å². The van der Waals surface area contributed by atoms with Crippen molar-refractivity contribution in [2.75, 3.05) is 52.5 Å². The summed E-state index contributed by atoms with van der Waals surface area (Å²) < 4.78 is 8.63. The topological polar surface area (TPSA) is 130 Å². The molecule has 12 heteroatoms. The zero-order chi connectivity index (χ0) is 34.1. The van der Waals surface area contributed by atoms with E-state index in [-0.39, 0.29) is 41.7 Å². The van der Waals surface area contributed by atoms with Crippen LogP contribution in [0.4, 0.5) is 0 Å². The summed E-state index contributed by atoms with van der Waals surface area (Å²) in [4.78, 5) is 64.0. The summed E-state index contributed by atoms with van der Waals surface area (Å²) in [6.07, 6.45) is 4.45. The number of benzene rings is 2. The van der Waals surface area contributed by atoms with Crippen molar-refractivity contribution in [1.29, 1.82) is 0 Å². The van der Waals surface area contributed by atoms with Crippen LogP contribution in [0.2, 0.25) is 0 Å². The number of hydrogen-bond donors (Lipinski definition) is 1. The molecule has 0 radical (unpaired) electrons. The van der Waals surface area contributed by atoms with Crippen molar-refractivity contribution in [2.24, 2.45) is 13.0 Å². The molecule has 3 fully saturated rings. The predicted molar refractivity (Wildman–Crippen MR) is 182 cm³/mol. The number of amides is 3. The van der Waals surface area contributed by atoms with Gasteiger partial charge in [0.15, 0.2) is 0 Å². The number of carbonyl (C=O) groups is 3. The normalized spacial score (nSPS) is 21.1. The fourth-order valence-corrected chi connectivity index (χ4v) is 7.53. The van der Waals surface area contributed by atoms with Crippen molar-refractivity contribution in [3.63, 3.8) is 0 Å². The highest BCUT2D eigenvalue weighted by atomic mass is 16.5. The zero-order valence-electron chi connectivity index (χ0n) is 27.7. The second-order valence-corrected chi connectivity index (χ2v) is 13.5.